The Morgan fingerprint density at radius 1 is 1.42 bits per heavy atom. The van der Waals surface area contributed by atoms with E-state index in [4.69, 9.17) is 5.73 Å². The van der Waals surface area contributed by atoms with E-state index in [2.05, 4.69) is 0 Å². The van der Waals surface area contributed by atoms with Gasteiger partial charge in [0.1, 0.15) is 0 Å². The first kappa shape index (κ1) is 15.3. The number of benzene rings is 1. The van der Waals surface area contributed by atoms with E-state index in [1.807, 2.05) is 0 Å². The predicted molar refractivity (Wildman–Crippen MR) is 64.4 cm³/mol. The third kappa shape index (κ3) is 3.36. The molecule has 0 aliphatic carbocycles. The van der Waals surface area contributed by atoms with Gasteiger partial charge in [0.25, 0.3) is 0 Å². The summed E-state index contributed by atoms with van der Waals surface area (Å²) in [6.45, 7) is 1.55. The zero-order valence-electron chi connectivity index (χ0n) is 10.2. The fraction of sp³-hybridized carbons (Fsp3) is 0.417. The van der Waals surface area contributed by atoms with Gasteiger partial charge >= 0.3 is 18.3 Å². The molecule has 7 heteroatoms. The Labute approximate surface area is 108 Å². The van der Waals surface area contributed by atoms with Crippen molar-refractivity contribution in [2.75, 3.05) is 17.2 Å². The molecule has 0 bridgehead atoms. The smallest absolute Gasteiger partial charge is 0.384 e. The molecule has 0 aromatic heterocycles. The van der Waals surface area contributed by atoms with E-state index in [0.717, 1.165) is 0 Å². The Kier molecular flexibility index (Phi) is 4.74. The fourth-order valence-electron chi connectivity index (χ4n) is 1.54. The summed E-state index contributed by atoms with van der Waals surface area (Å²) < 4.78 is 50.7. The Bertz CT molecular complexity index is 451. The van der Waals surface area contributed by atoms with Crippen molar-refractivity contribution >= 4 is 17.3 Å². The number of nitrogens with zero attached hydrogens (tertiary/aromatic N) is 1. The van der Waals surface area contributed by atoms with Crippen molar-refractivity contribution in [2.45, 2.75) is 25.7 Å². The first-order valence-corrected chi connectivity index (χ1v) is 5.64. The number of nitrogen functional groups attached to an aromatic ring is 1. The highest BCUT2D eigenvalue weighted by atomic mass is 19.3. The van der Waals surface area contributed by atoms with Gasteiger partial charge in [-0.2, -0.15) is 8.78 Å². The number of amides is 1. The summed E-state index contributed by atoms with van der Waals surface area (Å²) in [5, 5.41) is 0. The highest BCUT2D eigenvalue weighted by Crippen LogP contribution is 2.29. The maximum absolute atomic E-state index is 13.1. The van der Waals surface area contributed by atoms with E-state index in [0.29, 0.717) is 11.3 Å². The molecule has 1 aromatic carbocycles. The number of alkyl halides is 4. The lowest BCUT2D eigenvalue weighted by Crippen LogP contribution is -2.48. The van der Waals surface area contributed by atoms with Gasteiger partial charge < -0.3 is 10.6 Å². The molecule has 106 valence electrons. The predicted octanol–water partition coefficient (Wildman–Crippen LogP) is 2.91. The Morgan fingerprint density at radius 2 is 2.05 bits per heavy atom. The number of nitrogens with two attached hydrogens (primary N) is 1. The second-order valence-corrected chi connectivity index (χ2v) is 3.98. The topological polar surface area (TPSA) is 46.3 Å². The third-order valence-electron chi connectivity index (χ3n) is 2.43. The molecule has 0 atom stereocenters. The average molecular weight is 278 g/mol. The van der Waals surface area contributed by atoms with Crippen molar-refractivity contribution in [3.63, 3.8) is 0 Å². The summed E-state index contributed by atoms with van der Waals surface area (Å²) in [4.78, 5) is 12.2. The first-order chi connectivity index (χ1) is 8.80. The van der Waals surface area contributed by atoms with Crippen LogP contribution in [0, 0.1) is 0 Å². The van der Waals surface area contributed by atoms with E-state index in [9.17, 15) is 22.4 Å². The Balaban J connectivity index is 3.11. The number of carbonyl (C=O) groups excluding carboxylic acids is 1. The maximum Gasteiger partial charge on any atom is 0.384 e. The quantitative estimate of drug-likeness (QED) is 0.665. The van der Waals surface area contributed by atoms with E-state index in [-0.39, 0.29) is 17.9 Å². The molecule has 1 rings (SSSR count). The number of halogens is 4. The normalized spacial score (nSPS) is 11.7. The molecule has 2 N–H and O–H groups in total. The minimum absolute atomic E-state index is 0.0761. The molecule has 0 aliphatic heterocycles. The number of hydrogen-bond acceptors (Lipinski definition) is 2. The van der Waals surface area contributed by atoms with E-state index < -0.39 is 18.3 Å². The second kappa shape index (κ2) is 5.90. The molecule has 0 spiro atoms. The van der Waals surface area contributed by atoms with Crippen molar-refractivity contribution in [1.29, 1.82) is 0 Å². The van der Waals surface area contributed by atoms with Crippen LogP contribution >= 0.6 is 0 Å². The van der Waals surface area contributed by atoms with Crippen molar-refractivity contribution in [1.82, 2.24) is 0 Å². The monoisotopic (exact) mass is 278 g/mol. The van der Waals surface area contributed by atoms with Gasteiger partial charge in [0, 0.05) is 17.9 Å². The van der Waals surface area contributed by atoms with Crippen LogP contribution in [0.25, 0.3) is 0 Å². The largest absolute Gasteiger partial charge is 0.399 e. The van der Waals surface area contributed by atoms with Crippen molar-refractivity contribution < 1.29 is 22.4 Å². The Hall–Kier alpha value is -1.79. The summed E-state index contributed by atoms with van der Waals surface area (Å²) >= 11 is 0. The molecular weight excluding hydrogens is 264 g/mol. The molecule has 19 heavy (non-hydrogen) atoms. The van der Waals surface area contributed by atoms with Crippen LogP contribution in [0.2, 0.25) is 0 Å². The minimum Gasteiger partial charge on any atom is -0.399 e. The molecule has 0 aliphatic rings. The molecule has 0 saturated carbocycles. The average Bonchev–Trinajstić information content (AvgIpc) is 2.34. The van der Waals surface area contributed by atoms with Gasteiger partial charge in [-0.15, -0.1) is 0 Å². The SMILES string of the molecule is CCCN(C(=O)C(F)(F)C(F)F)c1cccc(N)c1. The van der Waals surface area contributed by atoms with Gasteiger partial charge in [-0.05, 0) is 24.6 Å². The third-order valence-corrected chi connectivity index (χ3v) is 2.43. The zero-order chi connectivity index (χ0) is 14.6. The van der Waals surface area contributed by atoms with Crippen LogP contribution in [-0.4, -0.2) is 24.8 Å². The zero-order valence-corrected chi connectivity index (χ0v) is 10.2. The standard InChI is InChI=1S/C12H14F4N2O/c1-2-6-18(9-5-3-4-8(17)7-9)11(19)12(15,16)10(13)14/h3-5,7,10H,2,6,17H2,1H3. The summed E-state index contributed by atoms with van der Waals surface area (Å²) in [6, 6.07) is 5.62. The van der Waals surface area contributed by atoms with Crippen molar-refractivity contribution in [3.05, 3.63) is 24.3 Å². The summed E-state index contributed by atoms with van der Waals surface area (Å²) in [5.41, 5.74) is 5.82. The molecule has 1 amide bonds. The van der Waals surface area contributed by atoms with Gasteiger partial charge in [-0.25, -0.2) is 8.78 Å². The van der Waals surface area contributed by atoms with E-state index in [1.165, 1.54) is 24.3 Å². The van der Waals surface area contributed by atoms with E-state index in [1.54, 1.807) is 6.92 Å². The van der Waals surface area contributed by atoms with Gasteiger partial charge in [0.15, 0.2) is 0 Å². The molecule has 3 nitrogen and oxygen atoms in total. The molecule has 0 saturated heterocycles. The summed E-state index contributed by atoms with van der Waals surface area (Å²) in [5.74, 6) is -6.63. The molecule has 1 aromatic rings. The number of rotatable bonds is 5. The van der Waals surface area contributed by atoms with Gasteiger partial charge in [-0.3, -0.25) is 4.79 Å². The lowest BCUT2D eigenvalue weighted by Gasteiger charge is -2.26. The summed E-state index contributed by atoms with van der Waals surface area (Å²) in [6.07, 6.45) is -3.69. The number of carbonyl (C=O) groups is 1. The van der Waals surface area contributed by atoms with Gasteiger partial charge in [-0.1, -0.05) is 13.0 Å². The van der Waals surface area contributed by atoms with Gasteiger partial charge in [0.05, 0.1) is 0 Å². The van der Waals surface area contributed by atoms with Crippen LogP contribution in [0.3, 0.4) is 0 Å². The lowest BCUT2D eigenvalue weighted by molar-refractivity contribution is -0.166. The van der Waals surface area contributed by atoms with Crippen LogP contribution in [0.5, 0.6) is 0 Å². The van der Waals surface area contributed by atoms with E-state index >= 15 is 0 Å². The highest BCUT2D eigenvalue weighted by molar-refractivity contribution is 5.99. The Morgan fingerprint density at radius 3 is 2.53 bits per heavy atom. The van der Waals surface area contributed by atoms with Crippen LogP contribution < -0.4 is 10.6 Å². The van der Waals surface area contributed by atoms with Crippen LogP contribution in [-0.2, 0) is 4.79 Å². The minimum atomic E-state index is -4.71. The maximum atomic E-state index is 13.1. The van der Waals surface area contributed by atoms with Gasteiger partial charge in [0.2, 0.25) is 0 Å². The van der Waals surface area contributed by atoms with Crippen LogP contribution in [0.4, 0.5) is 28.9 Å². The van der Waals surface area contributed by atoms with Crippen LogP contribution in [0.1, 0.15) is 13.3 Å². The van der Waals surface area contributed by atoms with Crippen molar-refractivity contribution in [2.24, 2.45) is 0 Å². The molecule has 0 radical (unpaired) electrons. The lowest BCUT2D eigenvalue weighted by atomic mass is 10.2. The van der Waals surface area contributed by atoms with Crippen LogP contribution in [0.15, 0.2) is 24.3 Å². The fourth-order valence-corrected chi connectivity index (χ4v) is 1.54. The number of anilines is 2. The summed E-state index contributed by atoms with van der Waals surface area (Å²) in [7, 11) is 0. The molecule has 0 unspecified atom stereocenters. The van der Waals surface area contributed by atoms with Crippen molar-refractivity contribution in [3.8, 4) is 0 Å². The second-order valence-electron chi connectivity index (χ2n) is 3.98. The number of hydrogen-bond donors (Lipinski definition) is 1. The molecule has 0 heterocycles. The highest BCUT2D eigenvalue weighted by Gasteiger charge is 2.51. The first-order valence-electron chi connectivity index (χ1n) is 5.64. The molecule has 0 fully saturated rings. The molecular formula is C12H14F4N2O.